The molecule has 0 radical (unpaired) electrons. The summed E-state index contributed by atoms with van der Waals surface area (Å²) >= 11 is 1.88. The fraction of sp³-hybridized carbons (Fsp3) is 0.692. The molecule has 1 aliphatic heterocycles. The summed E-state index contributed by atoms with van der Waals surface area (Å²) < 4.78 is 10.9. The van der Waals surface area contributed by atoms with Gasteiger partial charge in [-0.15, -0.1) is 11.8 Å². The summed E-state index contributed by atoms with van der Waals surface area (Å²) in [5.74, 6) is 1.01. The molecule has 2 atom stereocenters. The normalized spacial score (nSPS) is 25.1. The van der Waals surface area contributed by atoms with Gasteiger partial charge in [-0.25, -0.2) is 0 Å². The maximum absolute atomic E-state index is 5.59. The number of ether oxygens (including phenoxy) is 1. The van der Waals surface area contributed by atoms with Crippen molar-refractivity contribution in [2.75, 3.05) is 19.8 Å². The van der Waals surface area contributed by atoms with E-state index in [1.165, 1.54) is 11.3 Å². The van der Waals surface area contributed by atoms with Gasteiger partial charge in [0.1, 0.15) is 5.76 Å². The highest BCUT2D eigenvalue weighted by molar-refractivity contribution is 8.00. The van der Waals surface area contributed by atoms with Gasteiger partial charge in [-0.05, 0) is 32.4 Å². The lowest BCUT2D eigenvalue weighted by Gasteiger charge is -2.31. The lowest BCUT2D eigenvalue weighted by Crippen LogP contribution is -2.45. The second kappa shape index (κ2) is 6.47. The van der Waals surface area contributed by atoms with E-state index >= 15 is 0 Å². The Bertz CT molecular complexity index is 340. The van der Waals surface area contributed by atoms with Gasteiger partial charge in [0.05, 0.1) is 12.9 Å². The zero-order valence-corrected chi connectivity index (χ0v) is 11.4. The average Bonchev–Trinajstić information content (AvgIpc) is 2.74. The van der Waals surface area contributed by atoms with Crippen molar-refractivity contribution in [1.82, 2.24) is 5.32 Å². The van der Waals surface area contributed by atoms with Crippen molar-refractivity contribution in [2.45, 2.75) is 42.9 Å². The van der Waals surface area contributed by atoms with Crippen molar-refractivity contribution >= 4 is 11.8 Å². The van der Waals surface area contributed by atoms with Crippen molar-refractivity contribution < 1.29 is 9.15 Å². The number of hydrogen-bond acceptors (Lipinski definition) is 4. The molecule has 0 bridgehead atoms. The molecule has 2 unspecified atom stereocenters. The first-order valence-corrected chi connectivity index (χ1v) is 7.21. The Hall–Kier alpha value is -0.450. The van der Waals surface area contributed by atoms with Crippen LogP contribution in [0.2, 0.25) is 0 Å². The van der Waals surface area contributed by atoms with E-state index in [1.54, 1.807) is 6.26 Å². The van der Waals surface area contributed by atoms with Crippen LogP contribution in [0.3, 0.4) is 0 Å². The second-order valence-corrected chi connectivity index (χ2v) is 5.70. The fourth-order valence-electron chi connectivity index (χ4n) is 2.05. The van der Waals surface area contributed by atoms with Gasteiger partial charge < -0.3 is 14.5 Å². The number of aryl methyl sites for hydroxylation is 1. The highest BCUT2D eigenvalue weighted by Gasteiger charge is 2.26. The minimum Gasteiger partial charge on any atom is -0.468 e. The van der Waals surface area contributed by atoms with Crippen LogP contribution in [0.15, 0.2) is 21.6 Å². The number of thioether (sulfide) groups is 1. The lowest BCUT2D eigenvalue weighted by atomic mass is 10.1. The molecule has 1 N–H and O–H groups in total. The zero-order chi connectivity index (χ0) is 12.1. The molecular formula is C13H21NO2S. The highest BCUT2D eigenvalue weighted by atomic mass is 32.2. The molecule has 0 aliphatic carbocycles. The number of hydrogen-bond donors (Lipinski definition) is 1. The Morgan fingerprint density at radius 3 is 3.12 bits per heavy atom. The van der Waals surface area contributed by atoms with Crippen LogP contribution >= 0.6 is 11.8 Å². The molecule has 1 aromatic heterocycles. The summed E-state index contributed by atoms with van der Waals surface area (Å²) in [6, 6.07) is 2.61. The molecule has 2 rings (SSSR count). The molecule has 1 saturated heterocycles. The van der Waals surface area contributed by atoms with Gasteiger partial charge in [-0.1, -0.05) is 6.92 Å². The largest absolute Gasteiger partial charge is 0.468 e. The van der Waals surface area contributed by atoms with E-state index in [9.17, 15) is 0 Å². The van der Waals surface area contributed by atoms with E-state index in [4.69, 9.17) is 9.15 Å². The summed E-state index contributed by atoms with van der Waals surface area (Å²) in [7, 11) is 0. The van der Waals surface area contributed by atoms with Gasteiger partial charge >= 0.3 is 0 Å². The van der Waals surface area contributed by atoms with E-state index in [-0.39, 0.29) is 0 Å². The molecule has 0 spiro atoms. The number of nitrogens with one attached hydrogen (secondary N) is 1. The third-order valence-electron chi connectivity index (χ3n) is 3.05. The van der Waals surface area contributed by atoms with E-state index < -0.39 is 0 Å². The molecule has 4 heteroatoms. The van der Waals surface area contributed by atoms with E-state index in [0.29, 0.717) is 11.3 Å². The predicted molar refractivity (Wildman–Crippen MR) is 70.6 cm³/mol. The Morgan fingerprint density at radius 2 is 2.41 bits per heavy atom. The molecule has 0 aromatic carbocycles. The molecule has 3 nitrogen and oxygen atoms in total. The third-order valence-corrected chi connectivity index (χ3v) is 4.50. The van der Waals surface area contributed by atoms with Crippen LogP contribution in [0.4, 0.5) is 0 Å². The fourth-order valence-corrected chi connectivity index (χ4v) is 3.29. The standard InChI is InChI=1S/C13H21NO2S/c1-3-6-14-11-4-7-15-9-13(11)17-12-5-8-16-10(12)2/h5,8,11,13-14H,3-4,6-7,9H2,1-2H3. The molecule has 1 aliphatic rings. The van der Waals surface area contributed by atoms with Gasteiger partial charge in [0.15, 0.2) is 0 Å². The Balaban J connectivity index is 1.94. The van der Waals surface area contributed by atoms with Crippen LogP contribution in [-0.4, -0.2) is 31.1 Å². The quantitative estimate of drug-likeness (QED) is 0.877. The van der Waals surface area contributed by atoms with Crippen molar-refractivity contribution in [2.24, 2.45) is 0 Å². The van der Waals surface area contributed by atoms with Crippen LogP contribution in [0.5, 0.6) is 0 Å². The third kappa shape index (κ3) is 3.50. The first-order chi connectivity index (χ1) is 8.31. The van der Waals surface area contributed by atoms with Crippen LogP contribution in [-0.2, 0) is 4.74 Å². The topological polar surface area (TPSA) is 34.4 Å². The van der Waals surface area contributed by atoms with Gasteiger partial charge in [-0.2, -0.15) is 0 Å². The van der Waals surface area contributed by atoms with Crippen LogP contribution in [0.1, 0.15) is 25.5 Å². The lowest BCUT2D eigenvalue weighted by molar-refractivity contribution is 0.0833. The molecule has 96 valence electrons. The Labute approximate surface area is 107 Å². The van der Waals surface area contributed by atoms with E-state index in [0.717, 1.165) is 31.9 Å². The van der Waals surface area contributed by atoms with Crippen molar-refractivity contribution in [3.8, 4) is 0 Å². The first kappa shape index (κ1) is 13.0. The SMILES string of the molecule is CCCNC1CCOCC1Sc1ccoc1C. The van der Waals surface area contributed by atoms with E-state index in [2.05, 4.69) is 12.2 Å². The van der Waals surface area contributed by atoms with Gasteiger partial charge in [0, 0.05) is 22.8 Å². The van der Waals surface area contributed by atoms with Crippen LogP contribution in [0.25, 0.3) is 0 Å². The smallest absolute Gasteiger partial charge is 0.114 e. The zero-order valence-electron chi connectivity index (χ0n) is 10.6. The maximum atomic E-state index is 5.59. The van der Waals surface area contributed by atoms with Crippen molar-refractivity contribution in [1.29, 1.82) is 0 Å². The van der Waals surface area contributed by atoms with Gasteiger partial charge in [-0.3, -0.25) is 0 Å². The van der Waals surface area contributed by atoms with Crippen LogP contribution in [0, 0.1) is 6.92 Å². The first-order valence-electron chi connectivity index (χ1n) is 6.33. The molecule has 0 amide bonds. The van der Waals surface area contributed by atoms with Crippen LogP contribution < -0.4 is 5.32 Å². The minimum absolute atomic E-state index is 0.492. The second-order valence-electron chi connectivity index (χ2n) is 4.42. The maximum Gasteiger partial charge on any atom is 0.114 e. The molecule has 17 heavy (non-hydrogen) atoms. The monoisotopic (exact) mass is 255 g/mol. The number of furan rings is 1. The molecular weight excluding hydrogens is 234 g/mol. The molecule has 0 saturated carbocycles. The summed E-state index contributed by atoms with van der Waals surface area (Å²) in [5, 5.41) is 4.11. The Kier molecular flexibility index (Phi) is 4.95. The summed E-state index contributed by atoms with van der Waals surface area (Å²) in [4.78, 5) is 1.24. The summed E-state index contributed by atoms with van der Waals surface area (Å²) in [5.41, 5.74) is 0. The molecule has 2 heterocycles. The van der Waals surface area contributed by atoms with Gasteiger partial charge in [0.25, 0.3) is 0 Å². The van der Waals surface area contributed by atoms with Crippen molar-refractivity contribution in [3.05, 3.63) is 18.1 Å². The number of rotatable bonds is 5. The van der Waals surface area contributed by atoms with Gasteiger partial charge in [0.2, 0.25) is 0 Å². The minimum atomic E-state index is 0.492. The highest BCUT2D eigenvalue weighted by Crippen LogP contribution is 2.31. The molecule has 1 aromatic rings. The Morgan fingerprint density at radius 1 is 1.53 bits per heavy atom. The molecule has 1 fully saturated rings. The predicted octanol–water partition coefficient (Wildman–Crippen LogP) is 2.84. The average molecular weight is 255 g/mol. The summed E-state index contributed by atoms with van der Waals surface area (Å²) in [6.07, 6.45) is 4.05. The van der Waals surface area contributed by atoms with E-state index in [1.807, 2.05) is 24.8 Å². The summed E-state index contributed by atoms with van der Waals surface area (Å²) in [6.45, 7) is 7.01. The van der Waals surface area contributed by atoms with Crippen molar-refractivity contribution in [3.63, 3.8) is 0 Å².